The largest absolute Gasteiger partial charge is 0.505 e. The lowest BCUT2D eigenvalue weighted by Gasteiger charge is -2.48. The molecule has 2 aromatic carbocycles. The van der Waals surface area contributed by atoms with Crippen molar-refractivity contribution >= 4 is 0 Å². The van der Waals surface area contributed by atoms with E-state index in [1.54, 1.807) is 12.1 Å². The lowest BCUT2D eigenvalue weighted by Crippen LogP contribution is -2.46. The first-order valence-corrected chi connectivity index (χ1v) is 18.0. The molecular weight excluding hydrogens is 586 g/mol. The van der Waals surface area contributed by atoms with E-state index >= 15 is 4.39 Å². The normalized spacial score (nSPS) is 33.3. The summed E-state index contributed by atoms with van der Waals surface area (Å²) in [7, 11) is 0. The molecule has 7 atom stereocenters. The number of ether oxygens (including phenoxy) is 3. The molecule has 4 fully saturated rings. The van der Waals surface area contributed by atoms with Crippen molar-refractivity contribution in [1.29, 1.82) is 0 Å². The monoisotopic (exact) mass is 640 g/mol. The van der Waals surface area contributed by atoms with Crippen LogP contribution in [0.1, 0.15) is 111 Å². The highest BCUT2D eigenvalue weighted by Gasteiger charge is 2.45. The molecule has 6 rings (SSSR count). The number of halogens is 2. The topological polar surface area (TPSA) is 68.2 Å². The van der Waals surface area contributed by atoms with Gasteiger partial charge < -0.3 is 24.4 Å². The summed E-state index contributed by atoms with van der Waals surface area (Å²) in [6, 6.07) is 9.10. The van der Waals surface area contributed by atoms with Crippen molar-refractivity contribution in [1.82, 2.24) is 0 Å². The zero-order valence-electron chi connectivity index (χ0n) is 28.0. The summed E-state index contributed by atoms with van der Waals surface area (Å²) in [5, 5.41) is 20.5. The van der Waals surface area contributed by atoms with E-state index in [1.807, 2.05) is 6.07 Å². The highest BCUT2D eigenvalue weighted by atomic mass is 19.1. The van der Waals surface area contributed by atoms with E-state index in [0.29, 0.717) is 42.8 Å². The van der Waals surface area contributed by atoms with Crippen molar-refractivity contribution in [2.75, 3.05) is 6.61 Å². The predicted molar refractivity (Wildman–Crippen MR) is 175 cm³/mol. The number of fused-ring (bicyclic) bond motifs is 2. The molecule has 0 radical (unpaired) electrons. The van der Waals surface area contributed by atoms with E-state index in [0.717, 1.165) is 50.4 Å². The second kappa shape index (κ2) is 13.9. The predicted octanol–water partition coefficient (Wildman–Crippen LogP) is 9.62. The molecule has 0 amide bonds. The van der Waals surface area contributed by atoms with Gasteiger partial charge in [0.1, 0.15) is 17.6 Å². The summed E-state index contributed by atoms with van der Waals surface area (Å²) in [4.78, 5) is 0. The van der Waals surface area contributed by atoms with E-state index in [-0.39, 0.29) is 28.4 Å². The zero-order valence-corrected chi connectivity index (χ0v) is 28.0. The van der Waals surface area contributed by atoms with Gasteiger partial charge in [-0.2, -0.15) is 0 Å². The van der Waals surface area contributed by atoms with Crippen LogP contribution < -0.4 is 14.2 Å². The van der Waals surface area contributed by atoms with Gasteiger partial charge >= 0.3 is 0 Å². The molecule has 2 N–H and O–H groups in total. The fraction of sp³-hybridized carbons (Fsp3) is 0.692. The van der Waals surface area contributed by atoms with Gasteiger partial charge in [0.25, 0.3) is 0 Å². The van der Waals surface area contributed by atoms with Gasteiger partial charge in [-0.15, -0.1) is 0 Å². The first kappa shape index (κ1) is 33.4. The number of rotatable bonds is 10. The molecule has 0 aliphatic heterocycles. The summed E-state index contributed by atoms with van der Waals surface area (Å²) >= 11 is 0. The van der Waals surface area contributed by atoms with Gasteiger partial charge in [-0.3, -0.25) is 0 Å². The second-order valence-electron chi connectivity index (χ2n) is 15.8. The van der Waals surface area contributed by atoms with Crippen molar-refractivity contribution in [3.8, 4) is 23.0 Å². The van der Waals surface area contributed by atoms with E-state index in [4.69, 9.17) is 14.2 Å². The van der Waals surface area contributed by atoms with Crippen LogP contribution in [0.15, 0.2) is 36.4 Å². The minimum atomic E-state index is -0.679. The maximum atomic E-state index is 15.4. The van der Waals surface area contributed by atoms with E-state index in [9.17, 15) is 14.6 Å². The molecule has 46 heavy (non-hydrogen) atoms. The van der Waals surface area contributed by atoms with Gasteiger partial charge in [0.2, 0.25) is 0 Å². The molecule has 4 aliphatic rings. The summed E-state index contributed by atoms with van der Waals surface area (Å²) in [5.74, 6) is 1.94. The fourth-order valence-corrected chi connectivity index (χ4v) is 9.59. The molecular formula is C39H54F2O5. The van der Waals surface area contributed by atoms with Gasteiger partial charge in [0.15, 0.2) is 23.1 Å². The highest BCUT2D eigenvalue weighted by Crippen LogP contribution is 2.51. The molecule has 0 spiro atoms. The van der Waals surface area contributed by atoms with E-state index in [1.165, 1.54) is 56.7 Å². The van der Waals surface area contributed by atoms with Crippen LogP contribution in [0.2, 0.25) is 0 Å². The van der Waals surface area contributed by atoms with Crippen molar-refractivity contribution in [3.05, 3.63) is 48.0 Å². The molecule has 0 aromatic heterocycles. The average Bonchev–Trinajstić information content (AvgIpc) is 3.04. The number of phenolic OH excluding ortho intramolecular Hbond substituents is 1. The molecule has 5 nitrogen and oxygen atoms in total. The van der Waals surface area contributed by atoms with Crippen molar-refractivity contribution in [2.45, 2.75) is 129 Å². The maximum absolute atomic E-state index is 15.4. The van der Waals surface area contributed by atoms with Crippen molar-refractivity contribution < 1.29 is 33.2 Å². The Morgan fingerprint density at radius 1 is 0.804 bits per heavy atom. The number of aromatic hydroxyl groups is 1. The van der Waals surface area contributed by atoms with Gasteiger partial charge in [-0.25, -0.2) is 8.78 Å². The lowest BCUT2D eigenvalue weighted by molar-refractivity contribution is -0.0560. The SMILES string of the molecule is CCC1(COc2ccc(OC3CC(C(C)(C)C4CCCC(Oc5ccc(O)c(F)c5)C4)CCC3O)c(F)c2)CC2CCCC(C2)C1. The maximum Gasteiger partial charge on any atom is 0.168 e. The molecule has 4 aliphatic carbocycles. The molecule has 254 valence electrons. The first-order chi connectivity index (χ1) is 22.0. The van der Waals surface area contributed by atoms with Crippen LogP contribution in [0.4, 0.5) is 8.78 Å². The Hall–Kier alpha value is -2.54. The highest BCUT2D eigenvalue weighted by molar-refractivity contribution is 5.34. The second-order valence-corrected chi connectivity index (χ2v) is 15.8. The minimum Gasteiger partial charge on any atom is -0.505 e. The van der Waals surface area contributed by atoms with Gasteiger partial charge in [-0.05, 0) is 124 Å². The molecule has 2 aromatic rings. The van der Waals surface area contributed by atoms with Crippen LogP contribution in [-0.2, 0) is 0 Å². The van der Waals surface area contributed by atoms with Gasteiger partial charge in [-0.1, -0.05) is 40.0 Å². The van der Waals surface area contributed by atoms with E-state index < -0.39 is 23.8 Å². The molecule has 2 bridgehead atoms. The number of hydrogen-bond acceptors (Lipinski definition) is 5. The summed E-state index contributed by atoms with van der Waals surface area (Å²) in [5.41, 5.74) is 0.134. The van der Waals surface area contributed by atoms with Crippen molar-refractivity contribution in [2.24, 2.45) is 34.5 Å². The Morgan fingerprint density at radius 3 is 2.22 bits per heavy atom. The Balaban J connectivity index is 1.05. The molecule has 4 saturated carbocycles. The summed E-state index contributed by atoms with van der Waals surface area (Å²) in [6.07, 6.45) is 13.8. The van der Waals surface area contributed by atoms with Crippen LogP contribution in [0.3, 0.4) is 0 Å². The molecule has 0 heterocycles. The standard InChI is InChI=1S/C39H54F2O5/c1-4-39(22-25-7-5-8-26(17-25)23-39)24-44-29-13-16-36(33(41)20-29)46-37-19-28(11-14-35(37)43)38(2,3)27-9-6-10-30(18-27)45-31-12-15-34(42)32(40)21-31/h12-13,15-16,20-21,25-28,30,35,37,42-43H,4-11,14,17-19,22-24H2,1-3H3. The van der Waals surface area contributed by atoms with Gasteiger partial charge in [0.05, 0.1) is 18.8 Å². The zero-order chi connectivity index (χ0) is 32.5. The molecule has 7 unspecified atom stereocenters. The van der Waals surface area contributed by atoms with Crippen molar-refractivity contribution in [3.63, 3.8) is 0 Å². The fourth-order valence-electron chi connectivity index (χ4n) is 9.59. The lowest BCUT2D eigenvalue weighted by atomic mass is 9.60. The van der Waals surface area contributed by atoms with Crippen LogP contribution in [0.25, 0.3) is 0 Å². The van der Waals surface area contributed by atoms with Crippen LogP contribution in [0, 0.1) is 46.1 Å². The molecule has 0 saturated heterocycles. The molecule has 7 heteroatoms. The average molecular weight is 641 g/mol. The van der Waals surface area contributed by atoms with Crippen LogP contribution >= 0.6 is 0 Å². The summed E-state index contributed by atoms with van der Waals surface area (Å²) in [6.45, 7) is 7.50. The minimum absolute atomic E-state index is 0.0250. The van der Waals surface area contributed by atoms with Gasteiger partial charge in [0, 0.05) is 17.5 Å². The summed E-state index contributed by atoms with van der Waals surface area (Å²) < 4.78 is 47.9. The third kappa shape index (κ3) is 7.45. The Kier molecular flexibility index (Phi) is 10.1. The quantitative estimate of drug-likeness (QED) is 0.271. The number of hydrogen-bond donors (Lipinski definition) is 2. The number of benzene rings is 2. The Bertz CT molecular complexity index is 1320. The van der Waals surface area contributed by atoms with E-state index in [2.05, 4.69) is 20.8 Å². The third-order valence-electron chi connectivity index (χ3n) is 12.5. The Morgan fingerprint density at radius 2 is 1.50 bits per heavy atom. The van der Waals surface area contributed by atoms with Crippen LogP contribution in [0.5, 0.6) is 23.0 Å². The van der Waals surface area contributed by atoms with Crippen LogP contribution in [-0.4, -0.2) is 35.1 Å². The number of aliphatic hydroxyl groups is 1. The smallest absolute Gasteiger partial charge is 0.168 e. The number of phenols is 1. The number of aliphatic hydroxyl groups excluding tert-OH is 1. The Labute approximate surface area is 274 Å². The first-order valence-electron chi connectivity index (χ1n) is 18.0. The third-order valence-corrected chi connectivity index (χ3v) is 12.5.